The Balaban J connectivity index is 1.51. The Morgan fingerprint density at radius 3 is 2.14 bits per heavy atom. The second-order valence-corrected chi connectivity index (χ2v) is 6.48. The topological polar surface area (TPSA) is 75.6 Å². The van der Waals surface area contributed by atoms with Crippen molar-refractivity contribution in [3.8, 4) is 16.9 Å². The van der Waals surface area contributed by atoms with Gasteiger partial charge < -0.3 is 15.2 Å². The number of ether oxygens (including phenoxy) is 1. The predicted octanol–water partition coefficient (Wildman–Crippen LogP) is 4.19. The zero-order chi connectivity index (χ0) is 19.9. The molecule has 0 atom stereocenters. The van der Waals surface area contributed by atoms with Gasteiger partial charge in [0.15, 0.2) is 6.61 Å². The Bertz CT molecular complexity index is 969. The minimum atomic E-state index is -0.579. The highest BCUT2D eigenvalue weighted by molar-refractivity contribution is 6.31. The molecule has 0 radical (unpaired) electrons. The summed E-state index contributed by atoms with van der Waals surface area (Å²) in [7, 11) is 0. The lowest BCUT2D eigenvalue weighted by molar-refractivity contribution is -0.124. The number of benzene rings is 3. The van der Waals surface area contributed by atoms with Crippen LogP contribution >= 0.6 is 11.6 Å². The van der Waals surface area contributed by atoms with Crippen molar-refractivity contribution in [1.82, 2.24) is 5.32 Å². The maximum Gasteiger partial charge on any atom is 0.338 e. The maximum atomic E-state index is 12.1. The molecule has 3 aromatic rings. The number of halogens is 1. The Morgan fingerprint density at radius 1 is 0.893 bits per heavy atom. The Labute approximate surface area is 167 Å². The molecule has 28 heavy (non-hydrogen) atoms. The van der Waals surface area contributed by atoms with Gasteiger partial charge in [-0.3, -0.25) is 4.79 Å². The number of hydrogen-bond acceptors (Lipinski definition) is 4. The van der Waals surface area contributed by atoms with Crippen molar-refractivity contribution in [2.45, 2.75) is 6.54 Å². The summed E-state index contributed by atoms with van der Waals surface area (Å²) in [5.41, 5.74) is 2.95. The zero-order valence-electron chi connectivity index (χ0n) is 14.9. The number of nitrogens with one attached hydrogen (secondary N) is 1. The second kappa shape index (κ2) is 9.06. The first-order valence-electron chi connectivity index (χ1n) is 8.59. The van der Waals surface area contributed by atoms with Crippen molar-refractivity contribution in [2.24, 2.45) is 0 Å². The first kappa shape index (κ1) is 19.5. The summed E-state index contributed by atoms with van der Waals surface area (Å²) in [6, 6.07) is 20.8. The summed E-state index contributed by atoms with van der Waals surface area (Å²) in [6.45, 7) is -0.111. The summed E-state index contributed by atoms with van der Waals surface area (Å²) in [5, 5.41) is 12.6. The number of carbonyl (C=O) groups excluding carboxylic acids is 2. The number of esters is 1. The Hall–Kier alpha value is -3.31. The highest BCUT2D eigenvalue weighted by Gasteiger charge is 2.11. The predicted molar refractivity (Wildman–Crippen MR) is 107 cm³/mol. The molecule has 0 saturated carbocycles. The highest BCUT2D eigenvalue weighted by atomic mass is 35.5. The number of amides is 1. The number of hydrogen-bond donors (Lipinski definition) is 2. The average molecular weight is 396 g/mol. The van der Waals surface area contributed by atoms with Crippen LogP contribution in [0, 0.1) is 0 Å². The number of phenols is 1. The molecule has 3 rings (SSSR count). The van der Waals surface area contributed by atoms with Crippen LogP contribution < -0.4 is 5.32 Å². The van der Waals surface area contributed by atoms with E-state index in [-0.39, 0.29) is 18.9 Å². The molecule has 142 valence electrons. The third kappa shape index (κ3) is 5.11. The van der Waals surface area contributed by atoms with Gasteiger partial charge in [-0.05, 0) is 47.0 Å². The fraction of sp³-hybridized carbons (Fsp3) is 0.0909. The standard InChI is InChI=1S/C22H18ClNO4/c23-20-4-2-1-3-18(20)13-24-21(26)14-28-22(27)17-7-5-15(6-8-17)16-9-11-19(25)12-10-16/h1-12,25H,13-14H2,(H,24,26). The lowest BCUT2D eigenvalue weighted by Gasteiger charge is -2.08. The van der Waals surface area contributed by atoms with Crippen molar-refractivity contribution >= 4 is 23.5 Å². The first-order chi connectivity index (χ1) is 13.5. The van der Waals surface area contributed by atoms with E-state index in [2.05, 4.69) is 5.32 Å². The van der Waals surface area contributed by atoms with E-state index in [9.17, 15) is 14.7 Å². The van der Waals surface area contributed by atoms with Crippen LogP contribution in [0.15, 0.2) is 72.8 Å². The minimum Gasteiger partial charge on any atom is -0.508 e. The van der Waals surface area contributed by atoms with Gasteiger partial charge in [-0.15, -0.1) is 0 Å². The number of aromatic hydroxyl groups is 1. The van der Waals surface area contributed by atoms with Gasteiger partial charge in [0.25, 0.3) is 5.91 Å². The molecule has 0 heterocycles. The van der Waals surface area contributed by atoms with Gasteiger partial charge >= 0.3 is 5.97 Å². The molecule has 1 amide bonds. The molecule has 5 nitrogen and oxygen atoms in total. The zero-order valence-corrected chi connectivity index (χ0v) is 15.6. The molecule has 0 bridgehead atoms. The summed E-state index contributed by atoms with van der Waals surface area (Å²) in [4.78, 5) is 24.0. The lowest BCUT2D eigenvalue weighted by atomic mass is 10.0. The summed E-state index contributed by atoms with van der Waals surface area (Å²) < 4.78 is 5.05. The number of phenolic OH excluding ortho intramolecular Hbond substituents is 1. The largest absolute Gasteiger partial charge is 0.508 e. The van der Waals surface area contributed by atoms with Gasteiger partial charge in [0, 0.05) is 11.6 Å². The fourth-order valence-corrected chi connectivity index (χ4v) is 2.76. The molecule has 0 aromatic heterocycles. The average Bonchev–Trinajstić information content (AvgIpc) is 2.72. The maximum absolute atomic E-state index is 12.1. The molecule has 2 N–H and O–H groups in total. The van der Waals surface area contributed by atoms with E-state index in [4.69, 9.17) is 16.3 Å². The van der Waals surface area contributed by atoms with Crippen LogP contribution in [0.2, 0.25) is 5.02 Å². The normalized spacial score (nSPS) is 10.3. The van der Waals surface area contributed by atoms with E-state index < -0.39 is 11.9 Å². The van der Waals surface area contributed by atoms with E-state index in [0.29, 0.717) is 10.6 Å². The van der Waals surface area contributed by atoms with Gasteiger partial charge in [0.05, 0.1) is 5.56 Å². The van der Waals surface area contributed by atoms with E-state index in [1.165, 1.54) is 0 Å². The summed E-state index contributed by atoms with van der Waals surface area (Å²) >= 11 is 6.03. The van der Waals surface area contributed by atoms with E-state index >= 15 is 0 Å². The van der Waals surface area contributed by atoms with Gasteiger partial charge in [-0.2, -0.15) is 0 Å². The Morgan fingerprint density at radius 2 is 1.50 bits per heavy atom. The molecule has 3 aromatic carbocycles. The van der Waals surface area contributed by atoms with Crippen molar-refractivity contribution < 1.29 is 19.4 Å². The van der Waals surface area contributed by atoms with Gasteiger partial charge in [-0.1, -0.05) is 54.1 Å². The van der Waals surface area contributed by atoms with E-state index in [1.807, 2.05) is 18.2 Å². The molecule has 0 aliphatic heterocycles. The molecule has 0 aliphatic rings. The summed E-state index contributed by atoms with van der Waals surface area (Å²) in [5.74, 6) is -0.795. The molecule has 0 aliphatic carbocycles. The monoisotopic (exact) mass is 395 g/mol. The molecule has 0 unspecified atom stereocenters. The molecule has 0 spiro atoms. The molecular weight excluding hydrogens is 378 g/mol. The highest BCUT2D eigenvalue weighted by Crippen LogP contribution is 2.22. The molecule has 0 saturated heterocycles. The van der Waals surface area contributed by atoms with Crippen LogP contribution in [0.5, 0.6) is 5.75 Å². The van der Waals surface area contributed by atoms with Crippen LogP contribution in [0.3, 0.4) is 0 Å². The number of rotatable bonds is 6. The quantitative estimate of drug-likeness (QED) is 0.614. The number of carbonyl (C=O) groups is 2. The van der Waals surface area contributed by atoms with Crippen molar-refractivity contribution in [3.05, 3.63) is 88.9 Å². The minimum absolute atomic E-state index is 0.191. The smallest absolute Gasteiger partial charge is 0.338 e. The van der Waals surface area contributed by atoms with Crippen LogP contribution in [-0.4, -0.2) is 23.6 Å². The summed E-state index contributed by atoms with van der Waals surface area (Å²) in [6.07, 6.45) is 0. The molecule has 0 fully saturated rings. The van der Waals surface area contributed by atoms with E-state index in [0.717, 1.165) is 16.7 Å². The van der Waals surface area contributed by atoms with Crippen LogP contribution in [0.1, 0.15) is 15.9 Å². The van der Waals surface area contributed by atoms with Crippen LogP contribution in [-0.2, 0) is 16.1 Å². The van der Waals surface area contributed by atoms with Crippen LogP contribution in [0.4, 0.5) is 0 Å². The molecule has 6 heteroatoms. The Kier molecular flexibility index (Phi) is 6.29. The van der Waals surface area contributed by atoms with E-state index in [1.54, 1.807) is 54.6 Å². The second-order valence-electron chi connectivity index (χ2n) is 6.07. The van der Waals surface area contributed by atoms with Gasteiger partial charge in [-0.25, -0.2) is 4.79 Å². The fourth-order valence-electron chi connectivity index (χ4n) is 2.55. The third-order valence-corrected chi connectivity index (χ3v) is 4.46. The third-order valence-electron chi connectivity index (χ3n) is 4.09. The molecular formula is C22H18ClNO4. The first-order valence-corrected chi connectivity index (χ1v) is 8.97. The van der Waals surface area contributed by atoms with Crippen molar-refractivity contribution in [1.29, 1.82) is 0 Å². The van der Waals surface area contributed by atoms with Crippen LogP contribution in [0.25, 0.3) is 11.1 Å². The lowest BCUT2D eigenvalue weighted by Crippen LogP contribution is -2.28. The van der Waals surface area contributed by atoms with Crippen molar-refractivity contribution in [2.75, 3.05) is 6.61 Å². The van der Waals surface area contributed by atoms with Gasteiger partial charge in [0.1, 0.15) is 5.75 Å². The van der Waals surface area contributed by atoms with Crippen molar-refractivity contribution in [3.63, 3.8) is 0 Å². The van der Waals surface area contributed by atoms with Gasteiger partial charge in [0.2, 0.25) is 0 Å². The SMILES string of the molecule is O=C(COC(=O)c1ccc(-c2ccc(O)cc2)cc1)NCc1ccccc1Cl.